The van der Waals surface area contributed by atoms with Crippen molar-refractivity contribution in [3.05, 3.63) is 24.3 Å². The molecule has 29 heavy (non-hydrogen) atoms. The molecular weight excluding hydrogens is 360 g/mol. The third-order valence-corrected chi connectivity index (χ3v) is 6.76. The Morgan fingerprint density at radius 3 is 2.34 bits per heavy atom. The Kier molecular flexibility index (Phi) is 6.38. The first-order chi connectivity index (χ1) is 14.1. The van der Waals surface area contributed by atoms with E-state index in [0.29, 0.717) is 12.0 Å². The molecule has 0 bridgehead atoms. The minimum atomic E-state index is 0.253. The van der Waals surface area contributed by atoms with Crippen LogP contribution >= 0.6 is 0 Å². The molecule has 3 aliphatic rings. The highest BCUT2D eigenvalue weighted by Gasteiger charge is 2.25. The summed E-state index contributed by atoms with van der Waals surface area (Å²) in [6.45, 7) is 9.98. The minimum absolute atomic E-state index is 0.253. The second-order valence-corrected chi connectivity index (χ2v) is 9.01. The normalized spacial score (nSPS) is 29.8. The zero-order valence-corrected chi connectivity index (χ0v) is 18.2. The number of anilines is 2. The van der Waals surface area contributed by atoms with Gasteiger partial charge in [0.2, 0.25) is 5.96 Å². The maximum absolute atomic E-state index is 4.86. The molecule has 4 rings (SSSR count). The van der Waals surface area contributed by atoms with E-state index < -0.39 is 0 Å². The van der Waals surface area contributed by atoms with Crippen molar-refractivity contribution in [1.82, 2.24) is 9.80 Å². The van der Waals surface area contributed by atoms with Gasteiger partial charge in [-0.2, -0.15) is 0 Å². The number of piperazine rings is 1. The van der Waals surface area contributed by atoms with Gasteiger partial charge in [-0.05, 0) is 57.0 Å². The Labute approximate surface area is 175 Å². The highest BCUT2D eigenvalue weighted by Crippen LogP contribution is 2.25. The van der Waals surface area contributed by atoms with Crippen LogP contribution in [0.2, 0.25) is 0 Å². The molecule has 6 heteroatoms. The number of benzene rings is 1. The van der Waals surface area contributed by atoms with Crippen molar-refractivity contribution < 1.29 is 0 Å². The molecule has 1 N–H and O–H groups in total. The number of aliphatic imine (C=N–C) groups is 2. The number of hydrogen-bond acceptors (Lipinski definition) is 6. The third-order valence-electron chi connectivity index (χ3n) is 6.76. The van der Waals surface area contributed by atoms with Gasteiger partial charge in [-0.25, -0.2) is 9.98 Å². The van der Waals surface area contributed by atoms with Gasteiger partial charge < -0.3 is 20.0 Å². The lowest BCUT2D eigenvalue weighted by atomic mass is 10.0. The Bertz CT molecular complexity index is 713. The van der Waals surface area contributed by atoms with E-state index in [1.807, 2.05) is 6.34 Å². The van der Waals surface area contributed by atoms with Crippen LogP contribution in [0.15, 0.2) is 34.3 Å². The van der Waals surface area contributed by atoms with Crippen LogP contribution in [-0.4, -0.2) is 74.0 Å². The predicted molar refractivity (Wildman–Crippen MR) is 123 cm³/mol. The summed E-state index contributed by atoms with van der Waals surface area (Å²) in [5.74, 6) is 1.23. The van der Waals surface area contributed by atoms with Crippen molar-refractivity contribution in [2.45, 2.75) is 51.6 Å². The maximum atomic E-state index is 4.86. The van der Waals surface area contributed by atoms with Crippen LogP contribution in [0.4, 0.5) is 11.4 Å². The van der Waals surface area contributed by atoms with E-state index in [2.05, 4.69) is 65.2 Å². The fourth-order valence-corrected chi connectivity index (χ4v) is 4.51. The number of guanidine groups is 1. The molecule has 0 spiro atoms. The molecule has 6 nitrogen and oxygen atoms in total. The zero-order valence-electron chi connectivity index (χ0n) is 18.2. The number of hydrogen-bond donors (Lipinski definition) is 1. The van der Waals surface area contributed by atoms with Crippen LogP contribution in [0.25, 0.3) is 0 Å². The molecular formula is C23H36N6. The van der Waals surface area contributed by atoms with Gasteiger partial charge in [0.15, 0.2) is 0 Å². The van der Waals surface area contributed by atoms with Gasteiger partial charge >= 0.3 is 0 Å². The second-order valence-electron chi connectivity index (χ2n) is 9.01. The molecule has 0 radical (unpaired) electrons. The zero-order chi connectivity index (χ0) is 20.2. The number of nitrogens with one attached hydrogen (secondary N) is 1. The largest absolute Gasteiger partial charge is 0.369 e. The van der Waals surface area contributed by atoms with Crippen LogP contribution in [0.3, 0.4) is 0 Å². The van der Waals surface area contributed by atoms with Gasteiger partial charge in [0.05, 0.1) is 12.4 Å². The summed E-state index contributed by atoms with van der Waals surface area (Å²) in [5.41, 5.74) is 2.34. The fraction of sp³-hybridized carbons (Fsp3) is 0.652. The lowest BCUT2D eigenvalue weighted by Gasteiger charge is -2.34. The van der Waals surface area contributed by atoms with E-state index in [0.717, 1.165) is 44.4 Å². The second kappa shape index (κ2) is 9.16. The smallest absolute Gasteiger partial charge is 0.224 e. The average molecular weight is 397 g/mol. The quantitative estimate of drug-likeness (QED) is 0.849. The third kappa shape index (κ3) is 5.10. The number of rotatable bonds is 3. The lowest BCUT2D eigenvalue weighted by Crippen LogP contribution is -2.44. The summed E-state index contributed by atoms with van der Waals surface area (Å²) in [7, 11) is 2.19. The highest BCUT2D eigenvalue weighted by atomic mass is 15.3. The lowest BCUT2D eigenvalue weighted by molar-refractivity contribution is 0.266. The van der Waals surface area contributed by atoms with Gasteiger partial charge in [0.1, 0.15) is 0 Å². The van der Waals surface area contributed by atoms with Gasteiger partial charge in [0, 0.05) is 50.1 Å². The van der Waals surface area contributed by atoms with E-state index in [1.165, 1.54) is 31.4 Å². The van der Waals surface area contributed by atoms with Crippen molar-refractivity contribution in [3.8, 4) is 0 Å². The molecule has 2 atom stereocenters. The van der Waals surface area contributed by atoms with E-state index >= 15 is 0 Å². The van der Waals surface area contributed by atoms with Crippen LogP contribution in [0.5, 0.6) is 0 Å². The standard InChI is InChI=1S/C23H36N6/c1-18-16-29(21-6-4-5-7-21)17-24-23(25-19(18)2)26-20-8-10-22(11-9-20)28-14-12-27(3)13-15-28/h8-11,17-19,21H,4-7,12-16H2,1-3H3,(H,25,26)/b24-17+/t18?,19-/m0/s1. The summed E-state index contributed by atoms with van der Waals surface area (Å²) in [5, 5.41) is 3.45. The maximum Gasteiger partial charge on any atom is 0.224 e. The fourth-order valence-electron chi connectivity index (χ4n) is 4.51. The van der Waals surface area contributed by atoms with Crippen molar-refractivity contribution in [3.63, 3.8) is 0 Å². The van der Waals surface area contributed by atoms with Crippen molar-refractivity contribution >= 4 is 23.7 Å². The summed E-state index contributed by atoms with van der Waals surface area (Å²) in [4.78, 5) is 16.9. The van der Waals surface area contributed by atoms with Gasteiger partial charge in [-0.15, -0.1) is 0 Å². The van der Waals surface area contributed by atoms with Crippen LogP contribution in [-0.2, 0) is 0 Å². The summed E-state index contributed by atoms with van der Waals surface area (Å²) < 4.78 is 0. The summed E-state index contributed by atoms with van der Waals surface area (Å²) >= 11 is 0. The minimum Gasteiger partial charge on any atom is -0.369 e. The molecule has 1 saturated heterocycles. The van der Waals surface area contributed by atoms with Crippen LogP contribution in [0.1, 0.15) is 39.5 Å². The molecule has 1 aromatic rings. The molecule has 1 saturated carbocycles. The first-order valence-corrected chi connectivity index (χ1v) is 11.3. The summed E-state index contributed by atoms with van der Waals surface area (Å²) in [6.07, 6.45) is 7.31. The predicted octanol–water partition coefficient (Wildman–Crippen LogP) is 3.52. The molecule has 2 aliphatic heterocycles. The van der Waals surface area contributed by atoms with Gasteiger partial charge in [-0.1, -0.05) is 19.8 Å². The van der Waals surface area contributed by atoms with Crippen LogP contribution in [0, 0.1) is 5.92 Å². The molecule has 1 aromatic carbocycles. The van der Waals surface area contributed by atoms with Crippen molar-refractivity contribution in [2.75, 3.05) is 50.0 Å². The molecule has 2 fully saturated rings. The SMILES string of the molecule is CC1CN(C2CCCC2)/C=N/C(Nc2ccc(N3CCN(C)CC3)cc2)=N\[C@H]1C. The van der Waals surface area contributed by atoms with E-state index in [9.17, 15) is 0 Å². The first kappa shape index (κ1) is 20.2. The van der Waals surface area contributed by atoms with Crippen LogP contribution < -0.4 is 10.2 Å². The van der Waals surface area contributed by atoms with E-state index in [-0.39, 0.29) is 6.04 Å². The van der Waals surface area contributed by atoms with E-state index in [4.69, 9.17) is 9.98 Å². The Morgan fingerprint density at radius 1 is 0.966 bits per heavy atom. The topological polar surface area (TPSA) is 46.5 Å². The molecule has 1 aliphatic carbocycles. The molecule has 2 heterocycles. The monoisotopic (exact) mass is 396 g/mol. The van der Waals surface area contributed by atoms with E-state index in [1.54, 1.807) is 0 Å². The Balaban J connectivity index is 1.43. The average Bonchev–Trinajstić information content (AvgIpc) is 3.25. The first-order valence-electron chi connectivity index (χ1n) is 11.3. The molecule has 1 unspecified atom stereocenters. The highest BCUT2D eigenvalue weighted by molar-refractivity contribution is 5.98. The molecule has 158 valence electrons. The Hall–Kier alpha value is -2.08. The van der Waals surface area contributed by atoms with Gasteiger partial charge in [-0.3, -0.25) is 0 Å². The molecule has 0 amide bonds. The van der Waals surface area contributed by atoms with Crippen molar-refractivity contribution in [1.29, 1.82) is 0 Å². The van der Waals surface area contributed by atoms with Gasteiger partial charge in [0.25, 0.3) is 0 Å². The van der Waals surface area contributed by atoms with Crippen molar-refractivity contribution in [2.24, 2.45) is 15.9 Å². The Morgan fingerprint density at radius 2 is 1.66 bits per heavy atom. The molecule has 0 aromatic heterocycles. The summed E-state index contributed by atoms with van der Waals surface area (Å²) in [6, 6.07) is 9.61. The number of nitrogens with zero attached hydrogens (tertiary/aromatic N) is 5. The number of likely N-dealkylation sites (N-methyl/N-ethyl adjacent to an activating group) is 1.